The van der Waals surface area contributed by atoms with Gasteiger partial charge in [-0.1, -0.05) is 13.0 Å². The van der Waals surface area contributed by atoms with Gasteiger partial charge in [-0.25, -0.2) is 0 Å². The summed E-state index contributed by atoms with van der Waals surface area (Å²) in [7, 11) is 0. The molecule has 1 rings (SSSR count). The molecule has 0 aliphatic heterocycles. The highest BCUT2D eigenvalue weighted by molar-refractivity contribution is 6.22. The Morgan fingerprint density at radius 3 is 2.17 bits per heavy atom. The van der Waals surface area contributed by atoms with Gasteiger partial charge in [0.1, 0.15) is 17.1 Å². The highest BCUT2D eigenvalue weighted by atomic mass is 35.5. The van der Waals surface area contributed by atoms with Gasteiger partial charge in [0.05, 0.1) is 5.54 Å². The van der Waals surface area contributed by atoms with Crippen LogP contribution < -0.4 is 5.32 Å². The van der Waals surface area contributed by atoms with E-state index in [4.69, 9.17) is 23.2 Å². The lowest BCUT2D eigenvalue weighted by Gasteiger charge is -2.29. The molecule has 100 valence electrons. The van der Waals surface area contributed by atoms with E-state index in [-0.39, 0.29) is 28.8 Å². The summed E-state index contributed by atoms with van der Waals surface area (Å²) in [6.07, 6.45) is 0.542. The van der Waals surface area contributed by atoms with E-state index in [1.807, 2.05) is 6.92 Å². The SMILES string of the molecule is CCC(CCl)(CCl)NC(=O)c1c(O)cccc1O. The number of alkyl halides is 2. The van der Waals surface area contributed by atoms with Crippen LogP contribution in [0.15, 0.2) is 18.2 Å². The number of carbonyl (C=O) groups is 1. The Bertz CT molecular complexity index is 405. The maximum atomic E-state index is 12.0. The van der Waals surface area contributed by atoms with Gasteiger partial charge in [0.25, 0.3) is 5.91 Å². The minimum atomic E-state index is -0.755. The third-order valence-electron chi connectivity index (χ3n) is 2.81. The standard InChI is InChI=1S/C12H15Cl2NO3/c1-2-12(6-13,7-14)15-11(18)10-8(16)4-3-5-9(10)17/h3-5,16-17H,2,6-7H2,1H3,(H,15,18). The zero-order valence-electron chi connectivity index (χ0n) is 9.91. The molecule has 1 aromatic carbocycles. The van der Waals surface area contributed by atoms with Crippen molar-refractivity contribution in [2.24, 2.45) is 0 Å². The van der Waals surface area contributed by atoms with Crippen LogP contribution in [0.5, 0.6) is 11.5 Å². The van der Waals surface area contributed by atoms with Crippen LogP contribution in [0.3, 0.4) is 0 Å². The van der Waals surface area contributed by atoms with Gasteiger partial charge in [0.2, 0.25) is 0 Å². The Morgan fingerprint density at radius 1 is 1.28 bits per heavy atom. The molecule has 6 heteroatoms. The number of phenols is 2. The first-order chi connectivity index (χ1) is 8.49. The zero-order valence-corrected chi connectivity index (χ0v) is 11.4. The zero-order chi connectivity index (χ0) is 13.8. The number of aromatic hydroxyl groups is 2. The topological polar surface area (TPSA) is 69.6 Å². The summed E-state index contributed by atoms with van der Waals surface area (Å²) in [5.41, 5.74) is -0.930. The van der Waals surface area contributed by atoms with E-state index in [0.717, 1.165) is 0 Å². The Kier molecular flexibility index (Phi) is 5.11. The first kappa shape index (κ1) is 14.9. The lowest BCUT2D eigenvalue weighted by atomic mass is 10.0. The van der Waals surface area contributed by atoms with E-state index in [0.29, 0.717) is 6.42 Å². The lowest BCUT2D eigenvalue weighted by molar-refractivity contribution is 0.0908. The second-order valence-corrected chi connectivity index (χ2v) is 4.56. The Labute approximate surface area is 116 Å². The molecule has 0 unspecified atom stereocenters. The lowest BCUT2D eigenvalue weighted by Crippen LogP contribution is -2.51. The Balaban J connectivity index is 3.02. The van der Waals surface area contributed by atoms with Gasteiger partial charge in [-0.05, 0) is 18.6 Å². The summed E-state index contributed by atoms with van der Waals surface area (Å²) in [5, 5.41) is 21.8. The first-order valence-corrected chi connectivity index (χ1v) is 6.52. The number of rotatable bonds is 5. The molecular weight excluding hydrogens is 277 g/mol. The average Bonchev–Trinajstić information content (AvgIpc) is 2.36. The molecule has 0 fully saturated rings. The van der Waals surface area contributed by atoms with Gasteiger partial charge in [-0.2, -0.15) is 0 Å². The number of benzene rings is 1. The molecule has 4 nitrogen and oxygen atoms in total. The van der Waals surface area contributed by atoms with Crippen molar-refractivity contribution in [3.8, 4) is 11.5 Å². The Morgan fingerprint density at radius 2 is 1.78 bits per heavy atom. The molecule has 0 spiro atoms. The van der Waals surface area contributed by atoms with E-state index in [1.165, 1.54) is 18.2 Å². The fraction of sp³-hybridized carbons (Fsp3) is 0.417. The highest BCUT2D eigenvalue weighted by Crippen LogP contribution is 2.27. The van der Waals surface area contributed by atoms with Crippen molar-refractivity contribution in [2.45, 2.75) is 18.9 Å². The number of hydrogen-bond acceptors (Lipinski definition) is 3. The summed E-state index contributed by atoms with van der Waals surface area (Å²) in [5.74, 6) is -0.891. The van der Waals surface area contributed by atoms with Crippen LogP contribution in [0.4, 0.5) is 0 Å². The van der Waals surface area contributed by atoms with E-state index >= 15 is 0 Å². The van der Waals surface area contributed by atoms with Gasteiger partial charge in [-0.15, -0.1) is 23.2 Å². The predicted octanol–water partition coefficient (Wildman–Crippen LogP) is 2.45. The van der Waals surface area contributed by atoms with Crippen LogP contribution in [-0.2, 0) is 0 Å². The van der Waals surface area contributed by atoms with Gasteiger partial charge in [-0.3, -0.25) is 4.79 Å². The van der Waals surface area contributed by atoms with Gasteiger partial charge < -0.3 is 15.5 Å². The molecule has 0 aliphatic rings. The molecule has 3 N–H and O–H groups in total. The number of amides is 1. The van der Waals surface area contributed by atoms with Crippen molar-refractivity contribution in [1.29, 1.82) is 0 Å². The number of nitrogens with one attached hydrogen (secondary N) is 1. The summed E-state index contributed by atoms with van der Waals surface area (Å²) in [6, 6.07) is 4.09. The molecule has 0 aromatic heterocycles. The van der Waals surface area contributed by atoms with Crippen molar-refractivity contribution in [1.82, 2.24) is 5.32 Å². The van der Waals surface area contributed by atoms with E-state index in [1.54, 1.807) is 0 Å². The van der Waals surface area contributed by atoms with Crippen molar-refractivity contribution >= 4 is 29.1 Å². The minimum absolute atomic E-state index is 0.146. The molecule has 1 amide bonds. The predicted molar refractivity (Wildman–Crippen MR) is 71.7 cm³/mol. The van der Waals surface area contributed by atoms with E-state index in [2.05, 4.69) is 5.32 Å². The van der Waals surface area contributed by atoms with Crippen LogP contribution in [0, 0.1) is 0 Å². The quantitative estimate of drug-likeness (QED) is 0.730. The number of halogens is 2. The summed E-state index contributed by atoms with van der Waals surface area (Å²) >= 11 is 11.6. The van der Waals surface area contributed by atoms with Crippen molar-refractivity contribution in [3.63, 3.8) is 0 Å². The molecule has 0 heterocycles. The normalized spacial score (nSPS) is 11.3. The monoisotopic (exact) mass is 291 g/mol. The van der Waals surface area contributed by atoms with Crippen molar-refractivity contribution < 1.29 is 15.0 Å². The molecule has 0 bridgehead atoms. The molecule has 0 saturated heterocycles. The number of phenolic OH excluding ortho intramolecular Hbond substituents is 2. The smallest absolute Gasteiger partial charge is 0.259 e. The molecule has 0 atom stereocenters. The molecule has 18 heavy (non-hydrogen) atoms. The fourth-order valence-electron chi connectivity index (χ4n) is 1.44. The summed E-state index contributed by atoms with van der Waals surface area (Å²) in [6.45, 7) is 1.84. The molecule has 0 saturated carbocycles. The first-order valence-electron chi connectivity index (χ1n) is 5.45. The van der Waals surface area contributed by atoms with Crippen LogP contribution in [0.1, 0.15) is 23.7 Å². The van der Waals surface area contributed by atoms with Gasteiger partial charge in [0, 0.05) is 11.8 Å². The van der Waals surface area contributed by atoms with Crippen LogP contribution in [0.25, 0.3) is 0 Å². The maximum Gasteiger partial charge on any atom is 0.259 e. The number of carbonyl (C=O) groups excluding carboxylic acids is 1. The fourth-order valence-corrected chi connectivity index (χ4v) is 2.24. The number of hydrogen-bond donors (Lipinski definition) is 3. The second kappa shape index (κ2) is 6.16. The van der Waals surface area contributed by atoms with Gasteiger partial charge in [0.15, 0.2) is 0 Å². The third kappa shape index (κ3) is 3.00. The molecule has 0 radical (unpaired) electrons. The van der Waals surface area contributed by atoms with Crippen molar-refractivity contribution in [3.05, 3.63) is 23.8 Å². The van der Waals surface area contributed by atoms with Crippen LogP contribution in [0.2, 0.25) is 0 Å². The maximum absolute atomic E-state index is 12.0. The molecule has 0 aliphatic carbocycles. The summed E-state index contributed by atoms with van der Waals surface area (Å²) in [4.78, 5) is 12.0. The van der Waals surface area contributed by atoms with Crippen LogP contribution in [-0.4, -0.2) is 33.4 Å². The van der Waals surface area contributed by atoms with Crippen LogP contribution >= 0.6 is 23.2 Å². The van der Waals surface area contributed by atoms with E-state index in [9.17, 15) is 15.0 Å². The highest BCUT2D eigenvalue weighted by Gasteiger charge is 2.30. The second-order valence-electron chi connectivity index (χ2n) is 4.03. The molecule has 1 aromatic rings. The minimum Gasteiger partial charge on any atom is -0.507 e. The third-order valence-corrected chi connectivity index (χ3v) is 3.84. The van der Waals surface area contributed by atoms with E-state index < -0.39 is 11.4 Å². The molecular formula is C12H15Cl2NO3. The van der Waals surface area contributed by atoms with Crippen molar-refractivity contribution in [2.75, 3.05) is 11.8 Å². The Hall–Kier alpha value is -1.13. The summed E-state index contributed by atoms with van der Waals surface area (Å²) < 4.78 is 0. The van der Waals surface area contributed by atoms with Gasteiger partial charge >= 0.3 is 0 Å². The largest absolute Gasteiger partial charge is 0.507 e. The average molecular weight is 292 g/mol.